The Bertz CT molecular complexity index is 325. The molecular weight excluding hydrogens is 192 g/mol. The minimum Gasteiger partial charge on any atom is -0.406 e. The maximum absolute atomic E-state index is 5.63. The van der Waals surface area contributed by atoms with Gasteiger partial charge in [-0.2, -0.15) is 0 Å². The van der Waals surface area contributed by atoms with Crippen LogP contribution in [0.4, 0.5) is 6.01 Å². The molecule has 0 aromatic carbocycles. The lowest BCUT2D eigenvalue weighted by Gasteiger charge is -2.17. The molecule has 1 aromatic heterocycles. The van der Waals surface area contributed by atoms with Gasteiger partial charge in [-0.05, 0) is 33.7 Å². The summed E-state index contributed by atoms with van der Waals surface area (Å²) >= 11 is 0. The summed E-state index contributed by atoms with van der Waals surface area (Å²) in [7, 11) is 1.88. The molecule has 1 aromatic rings. The van der Waals surface area contributed by atoms with Crippen LogP contribution >= 0.6 is 0 Å². The summed E-state index contributed by atoms with van der Waals surface area (Å²) in [4.78, 5) is 2.18. The van der Waals surface area contributed by atoms with Gasteiger partial charge in [-0.25, -0.2) is 0 Å². The summed E-state index contributed by atoms with van der Waals surface area (Å²) in [6.45, 7) is 5.22. The lowest BCUT2D eigenvalue weighted by Crippen LogP contribution is -2.26. The maximum Gasteiger partial charge on any atom is 0.318 e. The van der Waals surface area contributed by atoms with Gasteiger partial charge in [-0.15, -0.1) is 5.10 Å². The van der Waals surface area contributed by atoms with Crippen molar-refractivity contribution in [2.24, 2.45) is 0 Å². The highest BCUT2D eigenvalue weighted by atomic mass is 16.4. The molecule has 1 fully saturated rings. The molecule has 0 amide bonds. The van der Waals surface area contributed by atoms with Gasteiger partial charge in [-0.1, -0.05) is 5.10 Å². The first-order chi connectivity index (χ1) is 7.22. The van der Waals surface area contributed by atoms with Crippen molar-refractivity contribution in [3.8, 4) is 0 Å². The van der Waals surface area contributed by atoms with E-state index in [2.05, 4.69) is 27.3 Å². The minimum atomic E-state index is 0.115. The Hall–Kier alpha value is -1.10. The number of hydrogen-bond donors (Lipinski definition) is 1. The minimum absolute atomic E-state index is 0.115. The third kappa shape index (κ3) is 1.97. The second-order valence-corrected chi connectivity index (χ2v) is 4.12. The van der Waals surface area contributed by atoms with Gasteiger partial charge in [-0.3, -0.25) is 0 Å². The molecule has 1 N–H and O–H groups in total. The Labute approximate surface area is 89.9 Å². The van der Waals surface area contributed by atoms with E-state index in [9.17, 15) is 0 Å². The molecular formula is C10H18N4O. The Morgan fingerprint density at radius 1 is 1.53 bits per heavy atom. The molecule has 15 heavy (non-hydrogen) atoms. The van der Waals surface area contributed by atoms with E-state index in [1.54, 1.807) is 0 Å². The SMILES string of the molecule is CNC(C)c1nnc(N2CCCC2C)o1. The molecule has 1 saturated heterocycles. The topological polar surface area (TPSA) is 54.2 Å². The van der Waals surface area contributed by atoms with Crippen LogP contribution in [0.3, 0.4) is 0 Å². The van der Waals surface area contributed by atoms with Gasteiger partial charge in [0.2, 0.25) is 5.89 Å². The molecule has 5 heteroatoms. The number of nitrogens with zero attached hydrogens (tertiary/aromatic N) is 3. The van der Waals surface area contributed by atoms with Crippen LogP contribution in [0, 0.1) is 0 Å². The quantitative estimate of drug-likeness (QED) is 0.816. The zero-order valence-electron chi connectivity index (χ0n) is 9.53. The zero-order chi connectivity index (χ0) is 10.8. The zero-order valence-corrected chi connectivity index (χ0v) is 9.53. The standard InChI is InChI=1S/C10H18N4O/c1-7-5-4-6-14(7)10-13-12-9(15-10)8(2)11-3/h7-8,11H,4-6H2,1-3H3. The molecule has 0 aliphatic carbocycles. The summed E-state index contributed by atoms with van der Waals surface area (Å²) in [6, 6.07) is 1.30. The number of anilines is 1. The highest BCUT2D eigenvalue weighted by molar-refractivity contribution is 5.28. The van der Waals surface area contributed by atoms with Gasteiger partial charge in [0.25, 0.3) is 0 Å². The van der Waals surface area contributed by atoms with Crippen LogP contribution < -0.4 is 10.2 Å². The van der Waals surface area contributed by atoms with E-state index in [0.29, 0.717) is 17.9 Å². The van der Waals surface area contributed by atoms with Crippen LogP contribution in [-0.4, -0.2) is 29.8 Å². The lowest BCUT2D eigenvalue weighted by molar-refractivity contribution is 0.428. The summed E-state index contributed by atoms with van der Waals surface area (Å²) < 4.78 is 5.63. The second-order valence-electron chi connectivity index (χ2n) is 4.12. The molecule has 0 radical (unpaired) electrons. The van der Waals surface area contributed by atoms with Crippen molar-refractivity contribution < 1.29 is 4.42 Å². The number of aromatic nitrogens is 2. The molecule has 0 saturated carbocycles. The Morgan fingerprint density at radius 3 is 2.93 bits per heavy atom. The van der Waals surface area contributed by atoms with Crippen LogP contribution in [0.25, 0.3) is 0 Å². The largest absolute Gasteiger partial charge is 0.406 e. The first-order valence-electron chi connectivity index (χ1n) is 5.49. The summed E-state index contributed by atoms with van der Waals surface area (Å²) in [5, 5.41) is 11.2. The monoisotopic (exact) mass is 210 g/mol. The Morgan fingerprint density at radius 2 is 2.33 bits per heavy atom. The second kappa shape index (κ2) is 4.18. The average molecular weight is 210 g/mol. The summed E-state index contributed by atoms with van der Waals surface area (Å²) in [5.74, 6) is 0.659. The van der Waals surface area contributed by atoms with Crippen molar-refractivity contribution in [1.29, 1.82) is 0 Å². The fraction of sp³-hybridized carbons (Fsp3) is 0.800. The molecule has 1 aliphatic heterocycles. The molecule has 5 nitrogen and oxygen atoms in total. The van der Waals surface area contributed by atoms with Crippen molar-refractivity contribution in [3.05, 3.63) is 5.89 Å². The van der Waals surface area contributed by atoms with Crippen LogP contribution in [0.5, 0.6) is 0 Å². The number of hydrogen-bond acceptors (Lipinski definition) is 5. The van der Waals surface area contributed by atoms with Gasteiger partial charge >= 0.3 is 6.01 Å². The van der Waals surface area contributed by atoms with Gasteiger partial charge in [0.15, 0.2) is 0 Å². The van der Waals surface area contributed by atoms with Crippen molar-refractivity contribution in [1.82, 2.24) is 15.5 Å². The fourth-order valence-corrected chi connectivity index (χ4v) is 1.86. The van der Waals surface area contributed by atoms with Crippen molar-refractivity contribution in [2.45, 2.75) is 38.8 Å². The number of rotatable bonds is 3. The van der Waals surface area contributed by atoms with Crippen molar-refractivity contribution in [2.75, 3.05) is 18.5 Å². The molecule has 0 bridgehead atoms. The van der Waals surface area contributed by atoms with E-state index in [1.807, 2.05) is 14.0 Å². The summed E-state index contributed by atoms with van der Waals surface area (Å²) in [6.07, 6.45) is 2.42. The van der Waals surface area contributed by atoms with Gasteiger partial charge in [0, 0.05) is 12.6 Å². The van der Waals surface area contributed by atoms with Crippen molar-refractivity contribution in [3.63, 3.8) is 0 Å². The van der Waals surface area contributed by atoms with Crippen LogP contribution in [0.15, 0.2) is 4.42 Å². The lowest BCUT2D eigenvalue weighted by atomic mass is 10.2. The summed E-state index contributed by atoms with van der Waals surface area (Å²) in [5.41, 5.74) is 0. The molecule has 2 atom stereocenters. The third-order valence-corrected chi connectivity index (χ3v) is 3.03. The molecule has 84 valence electrons. The third-order valence-electron chi connectivity index (χ3n) is 3.03. The fourth-order valence-electron chi connectivity index (χ4n) is 1.86. The first-order valence-corrected chi connectivity index (χ1v) is 5.49. The highest BCUT2D eigenvalue weighted by Gasteiger charge is 2.25. The van der Waals surface area contributed by atoms with Gasteiger partial charge in [0.05, 0.1) is 6.04 Å². The van der Waals surface area contributed by atoms with Crippen LogP contribution in [0.2, 0.25) is 0 Å². The van der Waals surface area contributed by atoms with Crippen molar-refractivity contribution >= 4 is 6.01 Å². The molecule has 1 aliphatic rings. The van der Waals surface area contributed by atoms with E-state index in [1.165, 1.54) is 12.8 Å². The van der Waals surface area contributed by atoms with Gasteiger partial charge in [0.1, 0.15) is 0 Å². The van der Waals surface area contributed by atoms with E-state index < -0.39 is 0 Å². The predicted molar refractivity (Wildman–Crippen MR) is 57.8 cm³/mol. The Balaban J connectivity index is 2.12. The first kappa shape index (κ1) is 10.4. The van der Waals surface area contributed by atoms with E-state index in [-0.39, 0.29) is 6.04 Å². The maximum atomic E-state index is 5.63. The molecule has 0 spiro atoms. The van der Waals surface area contributed by atoms with Gasteiger partial charge < -0.3 is 14.6 Å². The number of nitrogens with one attached hydrogen (secondary N) is 1. The Kier molecular flexibility index (Phi) is 2.90. The van der Waals surface area contributed by atoms with Crippen LogP contribution in [0.1, 0.15) is 38.6 Å². The van der Waals surface area contributed by atoms with E-state index >= 15 is 0 Å². The predicted octanol–water partition coefficient (Wildman–Crippen LogP) is 1.34. The molecule has 2 heterocycles. The molecule has 2 unspecified atom stereocenters. The molecule has 2 rings (SSSR count). The van der Waals surface area contributed by atoms with E-state index in [0.717, 1.165) is 6.54 Å². The smallest absolute Gasteiger partial charge is 0.318 e. The highest BCUT2D eigenvalue weighted by Crippen LogP contribution is 2.25. The van der Waals surface area contributed by atoms with E-state index in [4.69, 9.17) is 4.42 Å². The normalized spacial score (nSPS) is 23.4. The average Bonchev–Trinajstić information content (AvgIpc) is 2.84. The van der Waals surface area contributed by atoms with Crippen LogP contribution in [-0.2, 0) is 0 Å².